The summed E-state index contributed by atoms with van der Waals surface area (Å²) in [6.07, 6.45) is -3.00. The summed E-state index contributed by atoms with van der Waals surface area (Å²) in [6, 6.07) is 13.8. The van der Waals surface area contributed by atoms with E-state index in [0.717, 1.165) is 50.9 Å². The Morgan fingerprint density at radius 1 is 1.03 bits per heavy atom. The second kappa shape index (κ2) is 9.51. The van der Waals surface area contributed by atoms with Crippen molar-refractivity contribution in [2.24, 2.45) is 0 Å². The van der Waals surface area contributed by atoms with Crippen LogP contribution in [0.15, 0.2) is 48.7 Å². The molecule has 3 aromatic rings. The summed E-state index contributed by atoms with van der Waals surface area (Å²) in [5, 5.41) is 12.9. The molecule has 0 spiro atoms. The molecule has 1 aliphatic heterocycles. The van der Waals surface area contributed by atoms with E-state index in [2.05, 4.69) is 31.2 Å². The fourth-order valence-corrected chi connectivity index (χ4v) is 3.85. The second-order valence-corrected chi connectivity index (χ2v) is 7.78. The average molecular weight is 440 g/mol. The van der Waals surface area contributed by atoms with Crippen molar-refractivity contribution in [1.29, 1.82) is 5.26 Å². The van der Waals surface area contributed by atoms with Gasteiger partial charge in [-0.3, -0.25) is 9.80 Å². The van der Waals surface area contributed by atoms with Gasteiger partial charge in [-0.1, -0.05) is 12.1 Å². The van der Waals surface area contributed by atoms with Crippen molar-refractivity contribution in [3.05, 3.63) is 65.5 Å². The number of halogens is 3. The predicted molar refractivity (Wildman–Crippen MR) is 116 cm³/mol. The van der Waals surface area contributed by atoms with Gasteiger partial charge in [0.15, 0.2) is 0 Å². The first kappa shape index (κ1) is 22.0. The number of aromatic nitrogens is 2. The van der Waals surface area contributed by atoms with Gasteiger partial charge in [-0.25, -0.2) is 9.97 Å². The van der Waals surface area contributed by atoms with E-state index in [-0.39, 0.29) is 5.52 Å². The molecule has 1 saturated heterocycles. The molecule has 4 rings (SSSR count). The van der Waals surface area contributed by atoms with Gasteiger partial charge in [-0.05, 0) is 35.9 Å². The first-order valence-corrected chi connectivity index (χ1v) is 10.4. The molecule has 1 N–H and O–H groups in total. The van der Waals surface area contributed by atoms with Crippen molar-refractivity contribution in [2.75, 3.05) is 44.6 Å². The first-order valence-electron chi connectivity index (χ1n) is 10.4. The van der Waals surface area contributed by atoms with Crippen LogP contribution in [0, 0.1) is 11.3 Å². The van der Waals surface area contributed by atoms with Crippen LogP contribution in [0.25, 0.3) is 10.9 Å². The molecule has 0 radical (unpaired) electrons. The van der Waals surface area contributed by atoms with Crippen molar-refractivity contribution in [3.8, 4) is 6.07 Å². The number of hydrogen-bond donors (Lipinski definition) is 1. The second-order valence-electron chi connectivity index (χ2n) is 7.78. The Morgan fingerprint density at radius 3 is 2.56 bits per heavy atom. The zero-order chi connectivity index (χ0) is 22.6. The first-order chi connectivity index (χ1) is 15.4. The van der Waals surface area contributed by atoms with E-state index in [1.54, 1.807) is 0 Å². The number of alkyl halides is 3. The summed E-state index contributed by atoms with van der Waals surface area (Å²) in [6.45, 7) is 6.01. The van der Waals surface area contributed by atoms with E-state index in [4.69, 9.17) is 5.26 Å². The lowest BCUT2D eigenvalue weighted by atomic mass is 10.1. The zero-order valence-electron chi connectivity index (χ0n) is 17.4. The van der Waals surface area contributed by atoms with Gasteiger partial charge in [-0.15, -0.1) is 0 Å². The van der Waals surface area contributed by atoms with Gasteiger partial charge in [-0.2, -0.15) is 18.4 Å². The quantitative estimate of drug-likeness (QED) is 0.630. The fourth-order valence-electron chi connectivity index (χ4n) is 3.85. The number of hydrogen-bond acceptors (Lipinski definition) is 6. The number of fused-ring (bicyclic) bond motifs is 1. The predicted octanol–water partition coefficient (Wildman–Crippen LogP) is 3.75. The number of nitrogens with zero attached hydrogens (tertiary/aromatic N) is 5. The molecule has 0 aliphatic carbocycles. The van der Waals surface area contributed by atoms with Crippen LogP contribution in [0.4, 0.5) is 19.0 Å². The van der Waals surface area contributed by atoms with E-state index in [9.17, 15) is 13.2 Å². The monoisotopic (exact) mass is 440 g/mol. The lowest BCUT2D eigenvalue weighted by Crippen LogP contribution is -2.47. The van der Waals surface area contributed by atoms with Crippen molar-refractivity contribution in [2.45, 2.75) is 12.7 Å². The highest BCUT2D eigenvalue weighted by atomic mass is 19.4. The number of rotatable bonds is 6. The van der Waals surface area contributed by atoms with E-state index < -0.39 is 11.9 Å². The topological polar surface area (TPSA) is 68.1 Å². The van der Waals surface area contributed by atoms with E-state index in [1.165, 1.54) is 18.3 Å². The molecule has 0 saturated carbocycles. The standard InChI is InChI=1S/C23H23F3N6/c24-23(25,26)21-5-4-19-20(30-21)6-7-28-22(19)29-8-9-31-10-12-32(13-11-31)16-18-3-1-2-17(14-18)15-27/h1-7,14H,8-13,16H2,(H,28,29). The summed E-state index contributed by atoms with van der Waals surface area (Å²) in [5.41, 5.74) is 1.19. The molecular weight excluding hydrogens is 417 g/mol. The van der Waals surface area contributed by atoms with Gasteiger partial charge in [0.05, 0.1) is 17.1 Å². The lowest BCUT2D eigenvalue weighted by Gasteiger charge is -2.34. The highest BCUT2D eigenvalue weighted by molar-refractivity contribution is 5.89. The minimum absolute atomic E-state index is 0.270. The van der Waals surface area contributed by atoms with Crippen LogP contribution in [-0.2, 0) is 12.7 Å². The van der Waals surface area contributed by atoms with E-state index in [1.807, 2.05) is 24.3 Å². The van der Waals surface area contributed by atoms with E-state index >= 15 is 0 Å². The third kappa shape index (κ3) is 5.33. The van der Waals surface area contributed by atoms with Gasteiger partial charge in [0.2, 0.25) is 0 Å². The van der Waals surface area contributed by atoms with Gasteiger partial charge < -0.3 is 5.32 Å². The molecule has 0 unspecified atom stereocenters. The number of benzene rings is 1. The van der Waals surface area contributed by atoms with Crippen LogP contribution in [0.2, 0.25) is 0 Å². The largest absolute Gasteiger partial charge is 0.433 e. The van der Waals surface area contributed by atoms with Crippen molar-refractivity contribution in [3.63, 3.8) is 0 Å². The van der Waals surface area contributed by atoms with Gasteiger partial charge in [0.1, 0.15) is 11.5 Å². The Morgan fingerprint density at radius 2 is 1.81 bits per heavy atom. The summed E-state index contributed by atoms with van der Waals surface area (Å²) in [5.74, 6) is 0.541. The van der Waals surface area contributed by atoms with Crippen LogP contribution in [-0.4, -0.2) is 59.0 Å². The van der Waals surface area contributed by atoms with Gasteiger partial charge in [0, 0.05) is 57.4 Å². The van der Waals surface area contributed by atoms with Crippen LogP contribution < -0.4 is 5.32 Å². The molecular formula is C23H23F3N6. The number of nitrogens with one attached hydrogen (secondary N) is 1. The molecule has 0 atom stereocenters. The maximum atomic E-state index is 12.9. The van der Waals surface area contributed by atoms with Crippen LogP contribution in [0.1, 0.15) is 16.8 Å². The molecule has 0 bridgehead atoms. The number of anilines is 1. The Hall–Kier alpha value is -3.22. The average Bonchev–Trinajstić information content (AvgIpc) is 2.79. The molecule has 32 heavy (non-hydrogen) atoms. The summed E-state index contributed by atoms with van der Waals surface area (Å²) >= 11 is 0. The molecule has 1 fully saturated rings. The van der Waals surface area contributed by atoms with Crippen molar-refractivity contribution >= 4 is 16.7 Å². The fraction of sp³-hybridized carbons (Fsp3) is 0.348. The summed E-state index contributed by atoms with van der Waals surface area (Å²) < 4.78 is 38.7. The van der Waals surface area contributed by atoms with Gasteiger partial charge >= 0.3 is 6.18 Å². The third-order valence-corrected chi connectivity index (χ3v) is 5.55. The Balaban J connectivity index is 1.27. The highest BCUT2D eigenvalue weighted by Gasteiger charge is 2.32. The Kier molecular flexibility index (Phi) is 6.53. The van der Waals surface area contributed by atoms with Crippen LogP contribution in [0.3, 0.4) is 0 Å². The number of pyridine rings is 2. The van der Waals surface area contributed by atoms with E-state index in [0.29, 0.717) is 23.3 Å². The molecule has 1 aromatic carbocycles. The van der Waals surface area contributed by atoms with Crippen LogP contribution in [0.5, 0.6) is 0 Å². The zero-order valence-corrected chi connectivity index (χ0v) is 17.4. The molecule has 2 aromatic heterocycles. The molecule has 6 nitrogen and oxygen atoms in total. The minimum Gasteiger partial charge on any atom is -0.368 e. The maximum absolute atomic E-state index is 12.9. The summed E-state index contributed by atoms with van der Waals surface area (Å²) in [4.78, 5) is 12.7. The third-order valence-electron chi connectivity index (χ3n) is 5.55. The molecule has 0 amide bonds. The van der Waals surface area contributed by atoms with Crippen molar-refractivity contribution < 1.29 is 13.2 Å². The van der Waals surface area contributed by atoms with Crippen molar-refractivity contribution in [1.82, 2.24) is 19.8 Å². The molecule has 1 aliphatic rings. The molecule has 3 heterocycles. The Bertz CT molecular complexity index is 1120. The normalized spacial score (nSPS) is 15.6. The molecule has 166 valence electrons. The van der Waals surface area contributed by atoms with Crippen LogP contribution >= 0.6 is 0 Å². The number of nitriles is 1. The van der Waals surface area contributed by atoms with Gasteiger partial charge in [0.25, 0.3) is 0 Å². The SMILES string of the molecule is N#Cc1cccc(CN2CCN(CCNc3nccc4nc(C(F)(F)F)ccc34)CC2)c1. The lowest BCUT2D eigenvalue weighted by molar-refractivity contribution is -0.140. The molecule has 9 heteroatoms. The minimum atomic E-state index is -4.47. The highest BCUT2D eigenvalue weighted by Crippen LogP contribution is 2.30. The summed E-state index contributed by atoms with van der Waals surface area (Å²) in [7, 11) is 0. The maximum Gasteiger partial charge on any atom is 0.433 e. The Labute approximate surface area is 184 Å². The number of piperazine rings is 1. The smallest absolute Gasteiger partial charge is 0.368 e.